The summed E-state index contributed by atoms with van der Waals surface area (Å²) in [5.74, 6) is -0.141. The number of likely N-dealkylation sites (N-methyl/N-ethyl adjacent to an activating group) is 1. The van der Waals surface area contributed by atoms with Gasteiger partial charge in [-0.3, -0.25) is 14.9 Å². The van der Waals surface area contributed by atoms with Crippen LogP contribution in [0.4, 0.5) is 5.69 Å². The molecule has 7 nitrogen and oxygen atoms in total. The summed E-state index contributed by atoms with van der Waals surface area (Å²) in [7, 11) is 1.67. The monoisotopic (exact) mass is 339 g/mol. The summed E-state index contributed by atoms with van der Waals surface area (Å²) in [4.78, 5) is 24.6. The molecule has 0 saturated carbocycles. The molecule has 0 radical (unpaired) electrons. The van der Waals surface area contributed by atoms with Gasteiger partial charge in [-0.25, -0.2) is 0 Å². The van der Waals surface area contributed by atoms with Crippen LogP contribution in [0.1, 0.15) is 24.2 Å². The summed E-state index contributed by atoms with van der Waals surface area (Å²) in [6.07, 6.45) is 0.104. The maximum atomic E-state index is 12.6. The molecule has 3 aromatic rings. The summed E-state index contributed by atoms with van der Waals surface area (Å²) in [5, 5.41) is 15.7. The molecule has 0 unspecified atom stereocenters. The van der Waals surface area contributed by atoms with Crippen LogP contribution < -0.4 is 0 Å². The number of nitro groups is 1. The molecule has 0 bridgehead atoms. The average molecular weight is 339 g/mol. The van der Waals surface area contributed by atoms with E-state index < -0.39 is 4.92 Å². The van der Waals surface area contributed by atoms with Crippen LogP contribution in [0.15, 0.2) is 53.1 Å². The minimum Gasteiger partial charge on any atom is -0.356 e. The van der Waals surface area contributed by atoms with Gasteiger partial charge in [0.15, 0.2) is 5.58 Å². The number of nitrogens with zero attached hydrogens (tertiary/aromatic N) is 3. The van der Waals surface area contributed by atoms with E-state index in [0.717, 1.165) is 5.39 Å². The Morgan fingerprint density at radius 2 is 2.04 bits per heavy atom. The van der Waals surface area contributed by atoms with E-state index >= 15 is 0 Å². The Balaban J connectivity index is 1.77. The van der Waals surface area contributed by atoms with Gasteiger partial charge in [-0.2, -0.15) is 0 Å². The van der Waals surface area contributed by atoms with Crippen LogP contribution in [0.5, 0.6) is 0 Å². The van der Waals surface area contributed by atoms with E-state index in [9.17, 15) is 14.9 Å². The molecule has 0 aliphatic rings. The first-order valence-corrected chi connectivity index (χ1v) is 7.80. The van der Waals surface area contributed by atoms with Gasteiger partial charge in [0.1, 0.15) is 5.69 Å². The largest absolute Gasteiger partial charge is 0.356 e. The van der Waals surface area contributed by atoms with Gasteiger partial charge in [0.05, 0.1) is 17.4 Å². The highest BCUT2D eigenvalue weighted by Crippen LogP contribution is 2.24. The number of benzene rings is 2. The normalized spacial score (nSPS) is 12.1. The topological polar surface area (TPSA) is 89.5 Å². The molecular formula is C18H17N3O4. The number of amides is 1. The number of carbonyl (C=O) groups excluding carboxylic acids is 1. The van der Waals surface area contributed by atoms with Crippen LogP contribution in [0.25, 0.3) is 11.0 Å². The van der Waals surface area contributed by atoms with E-state index in [1.54, 1.807) is 30.1 Å². The molecule has 128 valence electrons. The van der Waals surface area contributed by atoms with E-state index in [1.165, 1.54) is 12.1 Å². The minimum atomic E-state index is -0.445. The lowest BCUT2D eigenvalue weighted by molar-refractivity contribution is -0.384. The Labute approximate surface area is 144 Å². The Morgan fingerprint density at radius 3 is 2.80 bits per heavy atom. The standard InChI is InChI=1S/C18H17N3O4/c1-12(13-6-5-7-14(10-13)21(23)24)20(2)18(22)11-16-15-8-3-4-9-17(15)25-19-16/h3-10,12H,11H2,1-2H3/t12-/m0/s1. The van der Waals surface area contributed by atoms with Gasteiger partial charge >= 0.3 is 0 Å². The number of hydrogen-bond acceptors (Lipinski definition) is 5. The lowest BCUT2D eigenvalue weighted by atomic mass is 10.1. The van der Waals surface area contributed by atoms with E-state index in [1.807, 2.05) is 25.1 Å². The third kappa shape index (κ3) is 3.35. The molecule has 7 heteroatoms. The van der Waals surface area contributed by atoms with Crippen LogP contribution in [0.3, 0.4) is 0 Å². The third-order valence-corrected chi connectivity index (χ3v) is 4.31. The average Bonchev–Trinajstić information content (AvgIpc) is 3.03. The van der Waals surface area contributed by atoms with Crippen LogP contribution >= 0.6 is 0 Å². The number of para-hydroxylation sites is 1. The number of carbonyl (C=O) groups is 1. The van der Waals surface area contributed by atoms with Gasteiger partial charge in [-0.05, 0) is 24.6 Å². The second kappa shape index (κ2) is 6.72. The van der Waals surface area contributed by atoms with Gasteiger partial charge in [-0.1, -0.05) is 29.4 Å². The van der Waals surface area contributed by atoms with E-state index in [2.05, 4.69) is 5.16 Å². The lowest BCUT2D eigenvalue weighted by Gasteiger charge is -2.25. The highest BCUT2D eigenvalue weighted by molar-refractivity contribution is 5.86. The van der Waals surface area contributed by atoms with Crippen molar-refractivity contribution >= 4 is 22.6 Å². The zero-order valence-corrected chi connectivity index (χ0v) is 13.9. The molecule has 0 saturated heterocycles. The second-order valence-corrected chi connectivity index (χ2v) is 5.83. The highest BCUT2D eigenvalue weighted by Gasteiger charge is 2.21. The van der Waals surface area contributed by atoms with Crippen molar-refractivity contribution < 1.29 is 14.2 Å². The molecule has 0 spiro atoms. The first kappa shape index (κ1) is 16.6. The molecular weight excluding hydrogens is 322 g/mol. The van der Waals surface area contributed by atoms with Crippen molar-refractivity contribution in [1.29, 1.82) is 0 Å². The van der Waals surface area contributed by atoms with Crippen molar-refractivity contribution in [2.45, 2.75) is 19.4 Å². The Kier molecular flexibility index (Phi) is 4.47. The molecule has 0 fully saturated rings. The summed E-state index contributed by atoms with van der Waals surface area (Å²) in [6, 6.07) is 13.4. The summed E-state index contributed by atoms with van der Waals surface area (Å²) in [5.41, 5.74) is 1.93. The minimum absolute atomic E-state index is 0.00712. The number of non-ortho nitro benzene ring substituents is 1. The molecule has 1 amide bonds. The quantitative estimate of drug-likeness (QED) is 0.524. The van der Waals surface area contributed by atoms with E-state index in [0.29, 0.717) is 16.8 Å². The van der Waals surface area contributed by atoms with Crippen LogP contribution in [0.2, 0.25) is 0 Å². The number of nitro benzene ring substituents is 1. The SMILES string of the molecule is C[C@@H](c1cccc([N+](=O)[O-])c1)N(C)C(=O)Cc1noc2ccccc12. The predicted molar refractivity (Wildman–Crippen MR) is 92.0 cm³/mol. The van der Waals surface area contributed by atoms with Crippen LogP contribution in [-0.4, -0.2) is 27.9 Å². The summed E-state index contributed by atoms with van der Waals surface area (Å²) in [6.45, 7) is 1.83. The fourth-order valence-corrected chi connectivity index (χ4v) is 2.67. The van der Waals surface area contributed by atoms with Crippen molar-refractivity contribution in [2.75, 3.05) is 7.05 Å². The molecule has 25 heavy (non-hydrogen) atoms. The fourth-order valence-electron chi connectivity index (χ4n) is 2.67. The van der Waals surface area contributed by atoms with Crippen molar-refractivity contribution in [2.24, 2.45) is 0 Å². The highest BCUT2D eigenvalue weighted by atomic mass is 16.6. The van der Waals surface area contributed by atoms with Crippen molar-refractivity contribution in [3.8, 4) is 0 Å². The maximum absolute atomic E-state index is 12.6. The number of fused-ring (bicyclic) bond motifs is 1. The molecule has 0 aliphatic heterocycles. The molecule has 3 rings (SSSR count). The molecule has 2 aromatic carbocycles. The predicted octanol–water partition coefficient (Wildman–Crippen LogP) is 3.50. The summed E-state index contributed by atoms with van der Waals surface area (Å²) < 4.78 is 5.22. The van der Waals surface area contributed by atoms with E-state index in [-0.39, 0.29) is 24.1 Å². The first-order valence-electron chi connectivity index (χ1n) is 7.80. The van der Waals surface area contributed by atoms with Crippen molar-refractivity contribution in [1.82, 2.24) is 10.1 Å². The zero-order chi connectivity index (χ0) is 18.0. The summed E-state index contributed by atoms with van der Waals surface area (Å²) >= 11 is 0. The maximum Gasteiger partial charge on any atom is 0.269 e. The lowest BCUT2D eigenvalue weighted by Crippen LogP contribution is -2.31. The van der Waals surface area contributed by atoms with Gasteiger partial charge in [0.25, 0.3) is 5.69 Å². The van der Waals surface area contributed by atoms with Crippen molar-refractivity contribution in [3.05, 3.63) is 69.9 Å². The second-order valence-electron chi connectivity index (χ2n) is 5.83. The van der Waals surface area contributed by atoms with Crippen LogP contribution in [-0.2, 0) is 11.2 Å². The van der Waals surface area contributed by atoms with Crippen LogP contribution in [0, 0.1) is 10.1 Å². The van der Waals surface area contributed by atoms with Gasteiger partial charge in [-0.15, -0.1) is 0 Å². The molecule has 1 heterocycles. The molecule has 1 atom stereocenters. The molecule has 1 aromatic heterocycles. The third-order valence-electron chi connectivity index (χ3n) is 4.31. The Bertz CT molecular complexity index is 935. The Morgan fingerprint density at radius 1 is 1.28 bits per heavy atom. The smallest absolute Gasteiger partial charge is 0.269 e. The van der Waals surface area contributed by atoms with Crippen molar-refractivity contribution in [3.63, 3.8) is 0 Å². The molecule has 0 N–H and O–H groups in total. The zero-order valence-electron chi connectivity index (χ0n) is 13.9. The van der Waals surface area contributed by atoms with Gasteiger partial charge in [0, 0.05) is 24.6 Å². The first-order chi connectivity index (χ1) is 12.0. The van der Waals surface area contributed by atoms with Gasteiger partial charge in [0.2, 0.25) is 5.91 Å². The molecule has 0 aliphatic carbocycles. The Hall–Kier alpha value is -3.22. The number of aromatic nitrogens is 1. The number of rotatable bonds is 5. The fraction of sp³-hybridized carbons (Fsp3) is 0.222. The number of hydrogen-bond donors (Lipinski definition) is 0. The van der Waals surface area contributed by atoms with Gasteiger partial charge < -0.3 is 9.42 Å². The van der Waals surface area contributed by atoms with E-state index in [4.69, 9.17) is 4.52 Å².